The third-order valence-corrected chi connectivity index (χ3v) is 11.1. The number of hydrogen-bond acceptors (Lipinski definition) is 11. The summed E-state index contributed by atoms with van der Waals surface area (Å²) in [4.78, 5) is 71.6. The number of rotatable bonds is 12. The highest BCUT2D eigenvalue weighted by Gasteiger charge is 2.74. The normalized spacial score (nSPS) is 22.9. The minimum atomic E-state index is -1.77. The Morgan fingerprint density at radius 3 is 2.20 bits per heavy atom. The number of esters is 3. The number of nitrogens with zero attached hydrogens (tertiary/aromatic N) is 1. The van der Waals surface area contributed by atoms with Crippen LogP contribution in [-0.2, 0) is 43.6 Å². The van der Waals surface area contributed by atoms with Gasteiger partial charge in [0.25, 0.3) is 0 Å². The number of amides is 2. The molecule has 2 amide bonds. The zero-order chi connectivity index (χ0) is 41.7. The topological polar surface area (TPSA) is 170 Å². The maximum atomic E-state index is 15.2. The van der Waals surface area contributed by atoms with Crippen LogP contribution in [0.2, 0.25) is 0 Å². The summed E-state index contributed by atoms with van der Waals surface area (Å²) in [7, 11) is 2.33. The largest absolute Gasteiger partial charge is 0.491 e. The van der Waals surface area contributed by atoms with Crippen molar-refractivity contribution in [1.29, 1.82) is 0 Å². The van der Waals surface area contributed by atoms with Crippen LogP contribution in [0.4, 0.5) is 5.69 Å². The van der Waals surface area contributed by atoms with Crippen LogP contribution in [0.1, 0.15) is 52.4 Å². The molecule has 4 aromatic carbocycles. The molecule has 0 saturated carbocycles. The Labute approximate surface area is 341 Å². The van der Waals surface area contributed by atoms with E-state index in [-0.39, 0.29) is 26.2 Å². The number of fused-ring (bicyclic) bond motifs is 3. The Balaban J connectivity index is 1.48. The van der Waals surface area contributed by atoms with Crippen LogP contribution >= 0.6 is 0 Å². The van der Waals surface area contributed by atoms with E-state index in [2.05, 4.69) is 29.1 Å². The summed E-state index contributed by atoms with van der Waals surface area (Å²) in [6, 6.07) is 28.1. The zero-order valence-corrected chi connectivity index (χ0v) is 32.5. The summed E-state index contributed by atoms with van der Waals surface area (Å²) in [5.41, 5.74) is 1.60. The number of methoxy groups -OCH3 is 2. The van der Waals surface area contributed by atoms with Crippen molar-refractivity contribution in [3.63, 3.8) is 0 Å². The highest BCUT2D eigenvalue weighted by Crippen LogP contribution is 2.64. The first kappa shape index (κ1) is 40.4. The van der Waals surface area contributed by atoms with Gasteiger partial charge in [-0.1, -0.05) is 90.7 Å². The quantitative estimate of drug-likeness (QED) is 0.0613. The van der Waals surface area contributed by atoms with Crippen molar-refractivity contribution in [2.24, 2.45) is 11.8 Å². The van der Waals surface area contributed by atoms with Gasteiger partial charge in [-0.25, -0.2) is 0 Å². The molecule has 13 heteroatoms. The molecule has 0 radical (unpaired) electrons. The number of carbonyl (C=O) groups excluding carboxylic acids is 5. The molecule has 2 fully saturated rings. The molecule has 0 aromatic heterocycles. The molecule has 2 saturated heterocycles. The third-order valence-electron chi connectivity index (χ3n) is 11.1. The minimum Gasteiger partial charge on any atom is -0.491 e. The minimum absolute atomic E-state index is 0.0606. The Bertz CT molecular complexity index is 2290. The fourth-order valence-electron chi connectivity index (χ4n) is 8.67. The van der Waals surface area contributed by atoms with Gasteiger partial charge in [0, 0.05) is 24.2 Å². The zero-order valence-electron chi connectivity index (χ0n) is 32.5. The molecule has 3 heterocycles. The molecule has 6 unspecified atom stereocenters. The van der Waals surface area contributed by atoms with E-state index >= 15 is 4.79 Å². The van der Waals surface area contributed by atoms with E-state index in [1.807, 2.05) is 65.6 Å². The molecular formula is C46H43N3O10. The van der Waals surface area contributed by atoms with Crippen LogP contribution in [0, 0.1) is 23.7 Å². The fourth-order valence-corrected chi connectivity index (χ4v) is 8.67. The standard InChI is InChI=1S/C46H43N3O10/c1-4-24-47-41(51)36-38-44(54)59-39(30-15-9-6-10-16-30)37(29-13-7-5-8-14-29)49(38)40(31-19-21-32(22-20-31)58-26-25-50)46(36)34-27-28(18-23-35(34)48-45(46)55)12-11-17-33(42(52)56-2)43(53)57-3/h4-10,13-16,18-23,27,33,36-40,50H,1,17,24-26H2,2-3H3,(H,47,51)(H,48,55). The van der Waals surface area contributed by atoms with Crippen LogP contribution in [0.5, 0.6) is 5.75 Å². The lowest BCUT2D eigenvalue weighted by Gasteiger charge is -2.46. The summed E-state index contributed by atoms with van der Waals surface area (Å²) < 4.78 is 21.7. The van der Waals surface area contributed by atoms with Crippen LogP contribution < -0.4 is 15.4 Å². The Morgan fingerprint density at radius 1 is 0.915 bits per heavy atom. The third kappa shape index (κ3) is 7.33. The van der Waals surface area contributed by atoms with Crippen LogP contribution in [0.25, 0.3) is 0 Å². The highest BCUT2D eigenvalue weighted by atomic mass is 16.6. The second-order valence-corrected chi connectivity index (χ2v) is 14.3. The van der Waals surface area contributed by atoms with Crippen molar-refractivity contribution in [3.05, 3.63) is 144 Å². The maximum absolute atomic E-state index is 15.2. The smallest absolute Gasteiger partial charge is 0.324 e. The summed E-state index contributed by atoms with van der Waals surface area (Å²) in [5, 5.41) is 15.4. The Hall–Kier alpha value is -6.75. The molecule has 1 spiro atoms. The van der Waals surface area contributed by atoms with Crippen LogP contribution in [-0.4, -0.2) is 79.7 Å². The van der Waals surface area contributed by atoms with Gasteiger partial charge in [0.1, 0.15) is 29.9 Å². The monoisotopic (exact) mass is 797 g/mol. The number of cyclic esters (lactones) is 1. The van der Waals surface area contributed by atoms with Gasteiger partial charge in [0.2, 0.25) is 11.8 Å². The van der Waals surface area contributed by atoms with Gasteiger partial charge < -0.3 is 34.7 Å². The lowest BCUT2D eigenvalue weighted by atomic mass is 9.65. The summed E-state index contributed by atoms with van der Waals surface area (Å²) in [6.07, 6.45) is 0.464. The first-order valence-corrected chi connectivity index (χ1v) is 19.1. The molecule has 7 rings (SSSR count). The molecule has 6 atom stereocenters. The summed E-state index contributed by atoms with van der Waals surface area (Å²) >= 11 is 0. The van der Waals surface area contributed by atoms with Gasteiger partial charge in [-0.05, 0) is 52.6 Å². The lowest BCUT2D eigenvalue weighted by Crippen LogP contribution is -2.54. The van der Waals surface area contributed by atoms with Crippen molar-refractivity contribution in [3.8, 4) is 17.6 Å². The average Bonchev–Trinajstić information content (AvgIpc) is 3.75. The second-order valence-electron chi connectivity index (χ2n) is 14.3. The van der Waals surface area contributed by atoms with E-state index in [4.69, 9.17) is 18.9 Å². The molecule has 3 aliphatic heterocycles. The fraction of sp³-hybridized carbons (Fsp3) is 0.283. The summed E-state index contributed by atoms with van der Waals surface area (Å²) in [5.74, 6) is 0.402. The first-order chi connectivity index (χ1) is 28.7. The van der Waals surface area contributed by atoms with E-state index in [0.717, 1.165) is 11.1 Å². The molecule has 4 aromatic rings. The molecule has 13 nitrogen and oxygen atoms in total. The average molecular weight is 798 g/mol. The lowest BCUT2D eigenvalue weighted by molar-refractivity contribution is -0.178. The molecular weight excluding hydrogens is 755 g/mol. The number of carbonyl (C=O) groups is 5. The second kappa shape index (κ2) is 17.4. The molecule has 3 aliphatic rings. The SMILES string of the molecule is C=CCNC(=O)C1C2C(=O)OC(c3ccccc3)C(c3ccccc3)N2C(c2ccc(OCCO)cc2)C12C(=O)Nc1ccc(C#CCC(C(=O)OC)C(=O)OC)cc12. The molecule has 302 valence electrons. The number of morpholine rings is 1. The molecule has 0 bridgehead atoms. The summed E-state index contributed by atoms with van der Waals surface area (Å²) in [6.45, 7) is 3.70. The number of ether oxygens (including phenoxy) is 4. The van der Waals surface area contributed by atoms with Crippen LogP contribution in [0.3, 0.4) is 0 Å². The number of nitrogens with one attached hydrogen (secondary N) is 2. The van der Waals surface area contributed by atoms with E-state index in [1.54, 1.807) is 42.5 Å². The van der Waals surface area contributed by atoms with Crippen molar-refractivity contribution in [2.75, 3.05) is 39.3 Å². The van der Waals surface area contributed by atoms with Gasteiger partial charge in [0.15, 0.2) is 5.92 Å². The number of benzene rings is 4. The number of aliphatic hydroxyl groups is 1. The predicted octanol–water partition coefficient (Wildman–Crippen LogP) is 4.33. The molecule has 3 N–H and O–H groups in total. The molecule has 0 aliphatic carbocycles. The van der Waals surface area contributed by atoms with Crippen molar-refractivity contribution < 1.29 is 48.0 Å². The van der Waals surface area contributed by atoms with Gasteiger partial charge in [-0.2, -0.15) is 0 Å². The highest BCUT2D eigenvalue weighted by molar-refractivity contribution is 6.12. The van der Waals surface area contributed by atoms with Crippen LogP contribution in [0.15, 0.2) is 116 Å². The number of hydrogen-bond donors (Lipinski definition) is 3. The van der Waals surface area contributed by atoms with E-state index in [1.165, 1.54) is 20.3 Å². The van der Waals surface area contributed by atoms with Crippen molar-refractivity contribution in [2.45, 2.75) is 36.1 Å². The Morgan fingerprint density at radius 2 is 1.58 bits per heavy atom. The van der Waals surface area contributed by atoms with Crippen molar-refractivity contribution >= 4 is 35.4 Å². The van der Waals surface area contributed by atoms with E-state index < -0.39 is 71.2 Å². The van der Waals surface area contributed by atoms with Gasteiger partial charge in [-0.15, -0.1) is 6.58 Å². The maximum Gasteiger partial charge on any atom is 0.324 e. The molecule has 59 heavy (non-hydrogen) atoms. The van der Waals surface area contributed by atoms with Crippen molar-refractivity contribution in [1.82, 2.24) is 10.2 Å². The number of aliphatic hydroxyl groups excluding tert-OH is 1. The first-order valence-electron chi connectivity index (χ1n) is 19.1. The van der Waals surface area contributed by atoms with Gasteiger partial charge in [-0.3, -0.25) is 28.9 Å². The Kier molecular flexibility index (Phi) is 11.9. The van der Waals surface area contributed by atoms with E-state index in [0.29, 0.717) is 28.1 Å². The van der Waals surface area contributed by atoms with Gasteiger partial charge >= 0.3 is 17.9 Å². The predicted molar refractivity (Wildman–Crippen MR) is 214 cm³/mol. The van der Waals surface area contributed by atoms with Gasteiger partial charge in [0.05, 0.1) is 38.8 Å². The van der Waals surface area contributed by atoms with E-state index in [9.17, 15) is 24.3 Å². The number of anilines is 1.